The monoisotopic (exact) mass is 287 g/mol. The zero-order valence-electron chi connectivity index (χ0n) is 10.1. The first-order valence-corrected chi connectivity index (χ1v) is 6.15. The topological polar surface area (TPSA) is 79.2 Å². The van der Waals surface area contributed by atoms with Crippen LogP contribution in [0.4, 0.5) is 0 Å². The van der Waals surface area contributed by atoms with Gasteiger partial charge in [0.1, 0.15) is 0 Å². The molecule has 19 heavy (non-hydrogen) atoms. The highest BCUT2D eigenvalue weighted by molar-refractivity contribution is 6.32. The lowest BCUT2D eigenvalue weighted by molar-refractivity contribution is 0.0684. The number of nitrogens with zero attached hydrogens (tertiary/aromatic N) is 1. The number of amides is 1. The molecule has 1 aliphatic heterocycles. The van der Waals surface area contributed by atoms with Gasteiger partial charge in [0.15, 0.2) is 11.5 Å². The summed E-state index contributed by atoms with van der Waals surface area (Å²) in [7, 11) is 0. The van der Waals surface area contributed by atoms with Crippen LogP contribution in [-0.4, -0.2) is 54.1 Å². The van der Waals surface area contributed by atoms with Gasteiger partial charge in [-0.15, -0.1) is 0 Å². The molecule has 1 aromatic rings. The first kappa shape index (κ1) is 13.9. The van der Waals surface area contributed by atoms with E-state index < -0.39 is 0 Å². The first-order chi connectivity index (χ1) is 9.17. The molecular formula is C12H14ClNO5. The summed E-state index contributed by atoms with van der Waals surface area (Å²) in [5.74, 6) is 0.515. The van der Waals surface area contributed by atoms with E-state index in [2.05, 4.69) is 0 Å². The normalized spacial score (nSPS) is 12.6. The molecule has 1 aromatic carbocycles. The summed E-state index contributed by atoms with van der Waals surface area (Å²) >= 11 is 6.00. The van der Waals surface area contributed by atoms with Crippen molar-refractivity contribution in [1.29, 1.82) is 0 Å². The van der Waals surface area contributed by atoms with E-state index in [0.29, 0.717) is 22.1 Å². The lowest BCUT2D eigenvalue weighted by Gasteiger charge is -2.20. The lowest BCUT2D eigenvalue weighted by atomic mass is 10.1. The smallest absolute Gasteiger partial charge is 0.254 e. The van der Waals surface area contributed by atoms with Gasteiger partial charge in [-0.1, -0.05) is 11.6 Å². The molecule has 0 fully saturated rings. The molecule has 0 bridgehead atoms. The number of hydrogen-bond acceptors (Lipinski definition) is 5. The second-order valence-corrected chi connectivity index (χ2v) is 4.34. The number of ether oxygens (including phenoxy) is 2. The minimum absolute atomic E-state index is 0.0731. The zero-order valence-corrected chi connectivity index (χ0v) is 10.9. The van der Waals surface area contributed by atoms with Gasteiger partial charge < -0.3 is 24.6 Å². The minimum Gasteiger partial charge on any atom is -0.454 e. The number of carbonyl (C=O) groups excluding carboxylic acids is 1. The van der Waals surface area contributed by atoms with Crippen molar-refractivity contribution >= 4 is 17.5 Å². The number of carbonyl (C=O) groups is 1. The van der Waals surface area contributed by atoms with Gasteiger partial charge >= 0.3 is 0 Å². The second kappa shape index (κ2) is 6.10. The molecular weight excluding hydrogens is 274 g/mol. The Balaban J connectivity index is 2.25. The summed E-state index contributed by atoms with van der Waals surface area (Å²) in [4.78, 5) is 13.6. The van der Waals surface area contributed by atoms with Gasteiger partial charge in [-0.2, -0.15) is 0 Å². The molecule has 0 aliphatic carbocycles. The summed E-state index contributed by atoms with van der Waals surface area (Å²) in [6.07, 6.45) is 0. The van der Waals surface area contributed by atoms with E-state index in [1.165, 1.54) is 17.0 Å². The van der Waals surface area contributed by atoms with E-state index in [1.807, 2.05) is 0 Å². The molecule has 0 unspecified atom stereocenters. The Morgan fingerprint density at radius 1 is 1.26 bits per heavy atom. The Kier molecular flexibility index (Phi) is 4.47. The third-order valence-corrected chi connectivity index (χ3v) is 2.98. The van der Waals surface area contributed by atoms with Crippen molar-refractivity contribution in [3.05, 3.63) is 22.7 Å². The average Bonchev–Trinajstić information content (AvgIpc) is 2.86. The molecule has 1 aliphatic rings. The van der Waals surface area contributed by atoms with Crippen LogP contribution < -0.4 is 9.47 Å². The maximum Gasteiger partial charge on any atom is 0.254 e. The predicted molar refractivity (Wildman–Crippen MR) is 67.7 cm³/mol. The van der Waals surface area contributed by atoms with E-state index in [-0.39, 0.29) is 39.0 Å². The van der Waals surface area contributed by atoms with Crippen LogP contribution in [0.25, 0.3) is 0 Å². The molecule has 1 heterocycles. The van der Waals surface area contributed by atoms with Crippen molar-refractivity contribution in [2.75, 3.05) is 33.1 Å². The van der Waals surface area contributed by atoms with Crippen molar-refractivity contribution < 1.29 is 24.5 Å². The summed E-state index contributed by atoms with van der Waals surface area (Å²) in [6.45, 7) is 0.00858. The molecule has 104 valence electrons. The third kappa shape index (κ3) is 2.91. The Hall–Kier alpha value is -1.50. The maximum absolute atomic E-state index is 12.2. The Morgan fingerprint density at radius 3 is 2.58 bits per heavy atom. The Labute approximate surface area is 115 Å². The minimum atomic E-state index is -0.330. The number of aliphatic hydroxyl groups is 2. The highest BCUT2D eigenvalue weighted by Gasteiger charge is 2.23. The molecule has 2 rings (SSSR count). The van der Waals surface area contributed by atoms with Crippen molar-refractivity contribution in [2.24, 2.45) is 0 Å². The van der Waals surface area contributed by atoms with Gasteiger partial charge in [-0.25, -0.2) is 0 Å². The number of hydrogen-bond donors (Lipinski definition) is 2. The van der Waals surface area contributed by atoms with Crippen molar-refractivity contribution in [3.63, 3.8) is 0 Å². The van der Waals surface area contributed by atoms with E-state index in [9.17, 15) is 4.79 Å². The number of benzene rings is 1. The standard InChI is InChI=1S/C12H14ClNO5/c13-9-5-8(6-10-11(9)19-7-18-10)12(17)14(1-3-15)2-4-16/h5-6,15-16H,1-4,7H2. The van der Waals surface area contributed by atoms with Gasteiger partial charge in [0.05, 0.1) is 18.2 Å². The van der Waals surface area contributed by atoms with Crippen LogP contribution in [0.15, 0.2) is 12.1 Å². The van der Waals surface area contributed by atoms with Crippen molar-refractivity contribution in [3.8, 4) is 11.5 Å². The molecule has 0 saturated carbocycles. The van der Waals surface area contributed by atoms with Crippen LogP contribution in [-0.2, 0) is 0 Å². The Morgan fingerprint density at radius 2 is 1.95 bits per heavy atom. The molecule has 0 saturated heterocycles. The van der Waals surface area contributed by atoms with Gasteiger partial charge in [-0.3, -0.25) is 4.79 Å². The molecule has 2 N–H and O–H groups in total. The lowest BCUT2D eigenvalue weighted by Crippen LogP contribution is -2.35. The third-order valence-electron chi connectivity index (χ3n) is 2.70. The fraction of sp³-hybridized carbons (Fsp3) is 0.417. The van der Waals surface area contributed by atoms with E-state index in [0.717, 1.165) is 0 Å². The molecule has 0 spiro atoms. The fourth-order valence-corrected chi connectivity index (χ4v) is 2.09. The number of fused-ring (bicyclic) bond motifs is 1. The van der Waals surface area contributed by atoms with Crippen LogP contribution in [0.2, 0.25) is 5.02 Å². The summed E-state index contributed by atoms with van der Waals surface area (Å²) in [6, 6.07) is 3.03. The van der Waals surface area contributed by atoms with Gasteiger partial charge in [0.25, 0.3) is 5.91 Å². The predicted octanol–water partition coefficient (Wildman–Crippen LogP) is 0.495. The number of halogens is 1. The van der Waals surface area contributed by atoms with Crippen molar-refractivity contribution in [2.45, 2.75) is 0 Å². The van der Waals surface area contributed by atoms with Crippen LogP contribution >= 0.6 is 11.6 Å². The largest absolute Gasteiger partial charge is 0.454 e. The van der Waals surface area contributed by atoms with Crippen LogP contribution in [0, 0.1) is 0 Å². The fourth-order valence-electron chi connectivity index (χ4n) is 1.83. The maximum atomic E-state index is 12.2. The first-order valence-electron chi connectivity index (χ1n) is 5.77. The summed E-state index contributed by atoms with van der Waals surface area (Å²) in [5.41, 5.74) is 0.330. The highest BCUT2D eigenvalue weighted by Crippen LogP contribution is 2.39. The quantitative estimate of drug-likeness (QED) is 0.824. The zero-order chi connectivity index (χ0) is 13.8. The van der Waals surface area contributed by atoms with E-state index >= 15 is 0 Å². The van der Waals surface area contributed by atoms with E-state index in [4.69, 9.17) is 31.3 Å². The highest BCUT2D eigenvalue weighted by atomic mass is 35.5. The molecule has 0 aromatic heterocycles. The second-order valence-electron chi connectivity index (χ2n) is 3.93. The molecule has 6 nitrogen and oxygen atoms in total. The van der Waals surface area contributed by atoms with Gasteiger partial charge in [0, 0.05) is 18.7 Å². The van der Waals surface area contributed by atoms with Crippen LogP contribution in [0.5, 0.6) is 11.5 Å². The summed E-state index contributed by atoms with van der Waals surface area (Å²) < 4.78 is 10.4. The van der Waals surface area contributed by atoms with Crippen LogP contribution in [0.1, 0.15) is 10.4 Å². The number of rotatable bonds is 5. The molecule has 0 radical (unpaired) electrons. The van der Waals surface area contributed by atoms with E-state index in [1.54, 1.807) is 0 Å². The Bertz CT molecular complexity index is 473. The molecule has 7 heteroatoms. The number of aliphatic hydroxyl groups excluding tert-OH is 2. The van der Waals surface area contributed by atoms with Gasteiger partial charge in [-0.05, 0) is 12.1 Å². The SMILES string of the molecule is O=C(c1cc(Cl)c2c(c1)OCO2)N(CCO)CCO. The molecule has 0 atom stereocenters. The van der Waals surface area contributed by atoms with Gasteiger partial charge in [0.2, 0.25) is 6.79 Å². The molecule has 1 amide bonds. The van der Waals surface area contributed by atoms with Crippen LogP contribution in [0.3, 0.4) is 0 Å². The summed E-state index contributed by atoms with van der Waals surface area (Å²) in [5, 5.41) is 18.1. The van der Waals surface area contributed by atoms with Crippen molar-refractivity contribution in [1.82, 2.24) is 4.90 Å². The average molecular weight is 288 g/mol.